The van der Waals surface area contributed by atoms with Gasteiger partial charge in [-0.2, -0.15) is 5.26 Å². The topological polar surface area (TPSA) is 66.6 Å². The highest BCUT2D eigenvalue weighted by Crippen LogP contribution is 2.29. The van der Waals surface area contributed by atoms with Crippen LogP contribution in [0, 0.1) is 17.3 Å². The van der Waals surface area contributed by atoms with Gasteiger partial charge in [-0.15, -0.1) is 0 Å². The average molecular weight is 283 g/mol. The van der Waals surface area contributed by atoms with Crippen LogP contribution in [0.25, 0.3) is 0 Å². The molecular formula is C12H14FN3O2S. The molecule has 0 saturated heterocycles. The fourth-order valence-corrected chi connectivity index (χ4v) is 1.55. The summed E-state index contributed by atoms with van der Waals surface area (Å²) in [7, 11) is 1.57. The van der Waals surface area contributed by atoms with Gasteiger partial charge >= 0.3 is 0 Å². The smallest absolute Gasteiger partial charge is 0.183 e. The van der Waals surface area contributed by atoms with E-state index < -0.39 is 5.82 Å². The number of nitriles is 1. The molecule has 5 nitrogen and oxygen atoms in total. The van der Waals surface area contributed by atoms with E-state index in [2.05, 4.69) is 10.3 Å². The number of thioether (sulfide) groups is 1. The fourth-order valence-electron chi connectivity index (χ4n) is 1.22. The van der Waals surface area contributed by atoms with Gasteiger partial charge in [0.1, 0.15) is 23.9 Å². The molecule has 0 radical (unpaired) electrons. The maximum Gasteiger partial charge on any atom is 0.183 e. The summed E-state index contributed by atoms with van der Waals surface area (Å²) in [5, 5.41) is 11.3. The van der Waals surface area contributed by atoms with E-state index >= 15 is 0 Å². The summed E-state index contributed by atoms with van der Waals surface area (Å²) in [6, 6.07) is 4.03. The van der Waals surface area contributed by atoms with Crippen LogP contribution < -0.4 is 10.1 Å². The van der Waals surface area contributed by atoms with Gasteiger partial charge in [-0.1, -0.05) is 11.8 Å². The summed E-state index contributed by atoms with van der Waals surface area (Å²) < 4.78 is 23.5. The molecule has 0 aliphatic rings. The lowest BCUT2D eigenvalue weighted by atomic mass is 10.3. The number of aliphatic imine (C=N–C) groups is 1. The van der Waals surface area contributed by atoms with Gasteiger partial charge in [0.25, 0.3) is 0 Å². The lowest BCUT2D eigenvalue weighted by molar-refractivity contribution is 0.146. The molecule has 102 valence electrons. The van der Waals surface area contributed by atoms with E-state index in [4.69, 9.17) is 14.7 Å². The summed E-state index contributed by atoms with van der Waals surface area (Å²) in [4.78, 5) is 4.15. The Bertz CT molecular complexity index is 488. The molecular weight excluding hydrogens is 269 g/mol. The molecule has 0 bridgehead atoms. The number of hydrogen-bond donors (Lipinski definition) is 1. The van der Waals surface area contributed by atoms with Crippen LogP contribution >= 0.6 is 11.8 Å². The van der Waals surface area contributed by atoms with E-state index in [-0.39, 0.29) is 0 Å². The van der Waals surface area contributed by atoms with Gasteiger partial charge in [0.2, 0.25) is 0 Å². The normalized spacial score (nSPS) is 10.9. The van der Waals surface area contributed by atoms with Crippen LogP contribution in [0.15, 0.2) is 23.2 Å². The van der Waals surface area contributed by atoms with Gasteiger partial charge in [-0.3, -0.25) is 5.32 Å². The number of methoxy groups -OCH3 is 1. The number of ether oxygens (including phenoxy) is 2. The number of nitrogens with one attached hydrogen (secondary N) is 1. The van der Waals surface area contributed by atoms with Gasteiger partial charge in [0.15, 0.2) is 11.4 Å². The summed E-state index contributed by atoms with van der Waals surface area (Å²) in [6.45, 7) is 0.761. The summed E-state index contributed by atoms with van der Waals surface area (Å²) in [6.07, 6.45) is 3.53. The lowest BCUT2D eigenvalue weighted by Gasteiger charge is -2.09. The van der Waals surface area contributed by atoms with Crippen molar-refractivity contribution in [1.82, 2.24) is 5.32 Å². The van der Waals surface area contributed by atoms with Crippen molar-refractivity contribution >= 4 is 22.6 Å². The molecule has 0 aliphatic heterocycles. The molecule has 1 rings (SSSR count). The quantitative estimate of drug-likeness (QED) is 0.295. The maximum absolute atomic E-state index is 13.2. The third-order valence-electron chi connectivity index (χ3n) is 2.04. The molecule has 0 atom stereocenters. The van der Waals surface area contributed by atoms with Crippen LogP contribution in [-0.4, -0.2) is 31.7 Å². The Labute approximate surface area is 115 Å². The van der Waals surface area contributed by atoms with Crippen molar-refractivity contribution in [3.05, 3.63) is 24.0 Å². The average Bonchev–Trinajstić information content (AvgIpc) is 2.41. The predicted octanol–water partition coefficient (Wildman–Crippen LogP) is 2.27. The molecule has 0 aliphatic carbocycles. The third kappa shape index (κ3) is 5.16. The molecule has 1 aromatic rings. The zero-order chi connectivity index (χ0) is 14.1. The maximum atomic E-state index is 13.2. The zero-order valence-electron chi connectivity index (χ0n) is 10.6. The number of rotatable bonds is 5. The largest absolute Gasteiger partial charge is 0.489 e. The molecule has 7 heteroatoms. The standard InChI is InChI=1S/C12H14FN3O2S/c1-17-5-6-18-11-4-3-9(13)7-10(11)16-12(19-2)15-8-14/h3-4,7H,5-6H2,1-2H3,(H,15,16). The summed E-state index contributed by atoms with van der Waals surface area (Å²) >= 11 is 1.25. The first kappa shape index (κ1) is 15.3. The molecule has 19 heavy (non-hydrogen) atoms. The predicted molar refractivity (Wildman–Crippen MR) is 73.1 cm³/mol. The van der Waals surface area contributed by atoms with Crippen molar-refractivity contribution in [3.63, 3.8) is 0 Å². The van der Waals surface area contributed by atoms with E-state index in [1.54, 1.807) is 19.6 Å². The van der Waals surface area contributed by atoms with Crippen molar-refractivity contribution in [2.75, 3.05) is 26.6 Å². The highest BCUT2D eigenvalue weighted by molar-refractivity contribution is 8.13. The minimum atomic E-state index is -0.421. The lowest BCUT2D eigenvalue weighted by Crippen LogP contribution is -2.12. The molecule has 1 aromatic carbocycles. The van der Waals surface area contributed by atoms with Crippen LogP contribution in [0.3, 0.4) is 0 Å². The summed E-state index contributed by atoms with van der Waals surface area (Å²) in [5.41, 5.74) is 0.322. The van der Waals surface area contributed by atoms with Gasteiger partial charge in [-0.05, 0) is 18.4 Å². The monoisotopic (exact) mass is 283 g/mol. The van der Waals surface area contributed by atoms with E-state index in [1.165, 1.54) is 30.0 Å². The minimum Gasteiger partial charge on any atom is -0.489 e. The highest BCUT2D eigenvalue weighted by Gasteiger charge is 2.06. The first-order valence-corrected chi connectivity index (χ1v) is 6.62. The number of amidine groups is 1. The molecule has 0 aromatic heterocycles. The third-order valence-corrected chi connectivity index (χ3v) is 2.62. The van der Waals surface area contributed by atoms with Gasteiger partial charge in [0.05, 0.1) is 6.61 Å². The van der Waals surface area contributed by atoms with Gasteiger partial charge in [0, 0.05) is 13.2 Å². The Hall–Kier alpha value is -1.78. The highest BCUT2D eigenvalue weighted by atomic mass is 32.2. The number of halogens is 1. The van der Waals surface area contributed by atoms with Crippen LogP contribution in [0.1, 0.15) is 0 Å². The second-order valence-corrected chi connectivity index (χ2v) is 4.11. The molecule has 0 fully saturated rings. The van der Waals surface area contributed by atoms with E-state index in [0.29, 0.717) is 29.8 Å². The molecule has 0 heterocycles. The first-order chi connectivity index (χ1) is 9.21. The minimum absolute atomic E-state index is 0.322. The van der Waals surface area contributed by atoms with Crippen LogP contribution in [0.4, 0.5) is 10.1 Å². The Morgan fingerprint density at radius 2 is 2.32 bits per heavy atom. The van der Waals surface area contributed by atoms with Crippen molar-refractivity contribution in [1.29, 1.82) is 5.26 Å². The van der Waals surface area contributed by atoms with Crippen LogP contribution in [-0.2, 0) is 4.74 Å². The second-order valence-electron chi connectivity index (χ2n) is 3.31. The number of benzene rings is 1. The van der Waals surface area contributed by atoms with Crippen LogP contribution in [0.2, 0.25) is 0 Å². The van der Waals surface area contributed by atoms with Crippen molar-refractivity contribution in [2.24, 2.45) is 4.99 Å². The number of hydrogen-bond acceptors (Lipinski definition) is 5. The SMILES string of the molecule is COCCOc1ccc(F)cc1N=C(NC#N)SC. The summed E-state index contributed by atoms with van der Waals surface area (Å²) in [5.74, 6) is 0.0139. The van der Waals surface area contributed by atoms with Crippen molar-refractivity contribution in [3.8, 4) is 11.9 Å². The van der Waals surface area contributed by atoms with Gasteiger partial charge in [-0.25, -0.2) is 9.38 Å². The Morgan fingerprint density at radius 3 is 2.95 bits per heavy atom. The van der Waals surface area contributed by atoms with Crippen LogP contribution in [0.5, 0.6) is 5.75 Å². The Balaban J connectivity index is 2.96. The molecule has 0 amide bonds. The zero-order valence-corrected chi connectivity index (χ0v) is 11.5. The molecule has 1 N–H and O–H groups in total. The first-order valence-electron chi connectivity index (χ1n) is 5.40. The fraction of sp³-hybridized carbons (Fsp3) is 0.333. The van der Waals surface area contributed by atoms with Gasteiger partial charge < -0.3 is 9.47 Å². The van der Waals surface area contributed by atoms with Crippen molar-refractivity contribution < 1.29 is 13.9 Å². The Morgan fingerprint density at radius 1 is 1.53 bits per heavy atom. The van der Waals surface area contributed by atoms with E-state index in [0.717, 1.165) is 0 Å². The Kier molecular flexibility index (Phi) is 6.71. The number of nitrogens with zero attached hydrogens (tertiary/aromatic N) is 2. The van der Waals surface area contributed by atoms with E-state index in [9.17, 15) is 4.39 Å². The second kappa shape index (κ2) is 8.34. The molecule has 0 spiro atoms. The van der Waals surface area contributed by atoms with E-state index in [1.807, 2.05) is 0 Å². The molecule has 0 unspecified atom stereocenters. The van der Waals surface area contributed by atoms with Crippen molar-refractivity contribution in [2.45, 2.75) is 0 Å². The molecule has 0 saturated carbocycles.